The van der Waals surface area contributed by atoms with Crippen LogP contribution in [0.4, 0.5) is 0 Å². The first-order valence-electron chi connectivity index (χ1n) is 10.4. The van der Waals surface area contributed by atoms with E-state index < -0.39 is 5.60 Å². The molecule has 4 rings (SSSR count). The average Bonchev–Trinajstić information content (AvgIpc) is 3.12. The first kappa shape index (κ1) is 20.6. The van der Waals surface area contributed by atoms with E-state index >= 15 is 0 Å². The summed E-state index contributed by atoms with van der Waals surface area (Å²) < 4.78 is 7.46. The van der Waals surface area contributed by atoms with Crippen molar-refractivity contribution in [3.63, 3.8) is 0 Å². The summed E-state index contributed by atoms with van der Waals surface area (Å²) in [6.07, 6.45) is 1.91. The van der Waals surface area contributed by atoms with E-state index in [-0.39, 0.29) is 12.5 Å². The molecule has 1 fully saturated rings. The summed E-state index contributed by atoms with van der Waals surface area (Å²) in [5.74, 6) is -0.166. The maximum absolute atomic E-state index is 13.0. The Morgan fingerprint density at radius 2 is 1.80 bits per heavy atom. The van der Waals surface area contributed by atoms with Crippen molar-refractivity contribution in [2.75, 3.05) is 39.4 Å². The Morgan fingerprint density at radius 3 is 2.57 bits per heavy atom. The highest BCUT2D eigenvalue weighted by molar-refractivity contribution is 6.07. The molecule has 3 aromatic rings. The molecule has 6 nitrogen and oxygen atoms in total. The Kier molecular flexibility index (Phi) is 6.18. The van der Waals surface area contributed by atoms with E-state index in [0.717, 1.165) is 24.0 Å². The normalized spacial score (nSPS) is 17.0. The standard InChI is InChI=1S/C24H29N3O3/c1-24(29,18-26-11-13-30-14-12-26)17-25-23(28)21-16-27(15-19-7-3-2-4-8-19)22-10-6-5-9-20(21)22/h2-10,16,29H,11-15,17-18H2,1H3,(H,25,28). The van der Waals surface area contributed by atoms with Crippen LogP contribution in [-0.2, 0) is 11.3 Å². The lowest BCUT2D eigenvalue weighted by Gasteiger charge is -2.33. The van der Waals surface area contributed by atoms with Crippen LogP contribution in [0.25, 0.3) is 10.9 Å². The minimum Gasteiger partial charge on any atom is -0.387 e. The van der Waals surface area contributed by atoms with Crippen LogP contribution in [0.3, 0.4) is 0 Å². The Balaban J connectivity index is 1.47. The number of aliphatic hydroxyl groups is 1. The van der Waals surface area contributed by atoms with Crippen molar-refractivity contribution in [3.8, 4) is 0 Å². The number of rotatable bonds is 7. The molecule has 0 spiro atoms. The van der Waals surface area contributed by atoms with Gasteiger partial charge in [-0.05, 0) is 18.6 Å². The molecule has 1 aliphatic heterocycles. The summed E-state index contributed by atoms with van der Waals surface area (Å²) in [4.78, 5) is 15.2. The number of benzene rings is 2. The maximum Gasteiger partial charge on any atom is 0.253 e. The Hall–Kier alpha value is -2.67. The van der Waals surface area contributed by atoms with Gasteiger partial charge in [-0.25, -0.2) is 0 Å². The van der Waals surface area contributed by atoms with Crippen LogP contribution in [0.15, 0.2) is 60.8 Å². The summed E-state index contributed by atoms with van der Waals surface area (Å²) >= 11 is 0. The molecule has 2 N–H and O–H groups in total. The second-order valence-electron chi connectivity index (χ2n) is 8.24. The van der Waals surface area contributed by atoms with Crippen molar-refractivity contribution in [3.05, 3.63) is 71.9 Å². The lowest BCUT2D eigenvalue weighted by atomic mass is 10.1. The molecule has 0 radical (unpaired) electrons. The summed E-state index contributed by atoms with van der Waals surface area (Å²) in [5, 5.41) is 14.6. The van der Waals surface area contributed by atoms with Crippen LogP contribution in [0.5, 0.6) is 0 Å². The summed E-state index contributed by atoms with van der Waals surface area (Å²) in [5.41, 5.74) is 1.82. The molecule has 1 aromatic heterocycles. The average molecular weight is 408 g/mol. The quantitative estimate of drug-likeness (QED) is 0.632. The number of hydrogen-bond donors (Lipinski definition) is 2. The summed E-state index contributed by atoms with van der Waals surface area (Å²) in [6, 6.07) is 18.1. The monoisotopic (exact) mass is 407 g/mol. The third kappa shape index (κ3) is 4.90. The molecule has 0 bridgehead atoms. The first-order valence-corrected chi connectivity index (χ1v) is 10.4. The highest BCUT2D eigenvalue weighted by Crippen LogP contribution is 2.22. The van der Waals surface area contributed by atoms with Gasteiger partial charge in [-0.3, -0.25) is 9.69 Å². The Labute approximate surface area is 177 Å². The number of aromatic nitrogens is 1. The van der Waals surface area contributed by atoms with Crippen LogP contribution >= 0.6 is 0 Å². The molecule has 1 amide bonds. The van der Waals surface area contributed by atoms with Gasteiger partial charge in [-0.2, -0.15) is 0 Å². The summed E-state index contributed by atoms with van der Waals surface area (Å²) in [6.45, 7) is 6.14. The van der Waals surface area contributed by atoms with E-state index in [0.29, 0.717) is 31.9 Å². The Bertz CT molecular complexity index is 991. The van der Waals surface area contributed by atoms with Gasteiger partial charge < -0.3 is 19.7 Å². The zero-order chi connectivity index (χ0) is 21.0. The molecule has 1 unspecified atom stereocenters. The number of carbonyl (C=O) groups is 1. The molecule has 1 atom stereocenters. The van der Waals surface area contributed by atoms with Crippen molar-refractivity contribution >= 4 is 16.8 Å². The number of nitrogens with one attached hydrogen (secondary N) is 1. The number of carbonyl (C=O) groups excluding carboxylic acids is 1. The van der Waals surface area contributed by atoms with Gasteiger partial charge in [0.1, 0.15) is 0 Å². The fraction of sp³-hybridized carbons (Fsp3) is 0.375. The molecular weight excluding hydrogens is 378 g/mol. The molecule has 2 heterocycles. The first-order chi connectivity index (χ1) is 14.5. The number of nitrogens with zero attached hydrogens (tertiary/aromatic N) is 2. The number of morpholine rings is 1. The molecule has 1 saturated heterocycles. The van der Waals surface area contributed by atoms with E-state index in [1.54, 1.807) is 6.92 Å². The lowest BCUT2D eigenvalue weighted by molar-refractivity contribution is -0.0213. The number of para-hydroxylation sites is 1. The van der Waals surface area contributed by atoms with Gasteiger partial charge in [-0.15, -0.1) is 0 Å². The largest absolute Gasteiger partial charge is 0.387 e. The van der Waals surface area contributed by atoms with Crippen molar-refractivity contribution in [2.45, 2.75) is 19.1 Å². The van der Waals surface area contributed by atoms with Crippen LogP contribution in [-0.4, -0.2) is 65.5 Å². The predicted molar refractivity (Wildman–Crippen MR) is 118 cm³/mol. The molecule has 30 heavy (non-hydrogen) atoms. The minimum atomic E-state index is -1.00. The number of β-amino-alcohol motifs (C(OH)–C–C–N with tert-alkyl or cyclic N) is 1. The van der Waals surface area contributed by atoms with Crippen LogP contribution < -0.4 is 5.32 Å². The second kappa shape index (κ2) is 9.00. The second-order valence-corrected chi connectivity index (χ2v) is 8.24. The smallest absolute Gasteiger partial charge is 0.253 e. The van der Waals surface area contributed by atoms with Crippen LogP contribution in [0.1, 0.15) is 22.8 Å². The van der Waals surface area contributed by atoms with Gasteiger partial charge >= 0.3 is 0 Å². The van der Waals surface area contributed by atoms with E-state index in [9.17, 15) is 9.90 Å². The minimum absolute atomic E-state index is 0.166. The van der Waals surface area contributed by atoms with Crippen LogP contribution in [0.2, 0.25) is 0 Å². The predicted octanol–water partition coefficient (Wildman–Crippen LogP) is 2.50. The molecule has 0 aliphatic carbocycles. The third-order valence-corrected chi connectivity index (χ3v) is 5.53. The van der Waals surface area contributed by atoms with E-state index in [1.807, 2.05) is 48.7 Å². The number of hydrogen-bond acceptors (Lipinski definition) is 4. The molecule has 6 heteroatoms. The Morgan fingerprint density at radius 1 is 1.10 bits per heavy atom. The van der Waals surface area contributed by atoms with E-state index in [2.05, 4.69) is 26.9 Å². The van der Waals surface area contributed by atoms with E-state index in [1.165, 1.54) is 5.56 Å². The zero-order valence-corrected chi connectivity index (χ0v) is 17.4. The number of ether oxygens (including phenoxy) is 1. The lowest BCUT2D eigenvalue weighted by Crippen LogP contribution is -2.51. The van der Waals surface area contributed by atoms with Crippen LogP contribution in [0, 0.1) is 0 Å². The number of amides is 1. The van der Waals surface area contributed by atoms with Gasteiger partial charge in [0.25, 0.3) is 5.91 Å². The van der Waals surface area contributed by atoms with Crippen molar-refractivity contribution in [1.82, 2.24) is 14.8 Å². The van der Waals surface area contributed by atoms with Gasteiger partial charge in [0, 0.05) is 49.8 Å². The van der Waals surface area contributed by atoms with Crippen molar-refractivity contribution in [1.29, 1.82) is 0 Å². The van der Waals surface area contributed by atoms with Gasteiger partial charge in [0.15, 0.2) is 0 Å². The molecule has 2 aromatic carbocycles. The van der Waals surface area contributed by atoms with Gasteiger partial charge in [0.2, 0.25) is 0 Å². The number of fused-ring (bicyclic) bond motifs is 1. The molecule has 158 valence electrons. The van der Waals surface area contributed by atoms with Crippen molar-refractivity contribution < 1.29 is 14.6 Å². The highest BCUT2D eigenvalue weighted by atomic mass is 16.5. The maximum atomic E-state index is 13.0. The van der Waals surface area contributed by atoms with Gasteiger partial charge in [-0.1, -0.05) is 48.5 Å². The molecular formula is C24H29N3O3. The fourth-order valence-electron chi connectivity index (χ4n) is 4.00. The third-order valence-electron chi connectivity index (χ3n) is 5.53. The zero-order valence-electron chi connectivity index (χ0n) is 17.4. The van der Waals surface area contributed by atoms with E-state index in [4.69, 9.17) is 4.74 Å². The van der Waals surface area contributed by atoms with Gasteiger partial charge in [0.05, 0.1) is 24.4 Å². The highest BCUT2D eigenvalue weighted by Gasteiger charge is 2.26. The molecule has 1 aliphatic rings. The SMILES string of the molecule is CC(O)(CNC(=O)c1cn(Cc2ccccc2)c2ccccc12)CN1CCOCC1. The fourth-order valence-corrected chi connectivity index (χ4v) is 4.00. The topological polar surface area (TPSA) is 66.7 Å². The van der Waals surface area contributed by atoms with Crippen molar-refractivity contribution in [2.24, 2.45) is 0 Å². The summed E-state index contributed by atoms with van der Waals surface area (Å²) in [7, 11) is 0. The molecule has 0 saturated carbocycles.